The number of rotatable bonds is 2. The summed E-state index contributed by atoms with van der Waals surface area (Å²) < 4.78 is 0. The van der Waals surface area contributed by atoms with E-state index in [-0.39, 0.29) is 0 Å². The molecular weight excluding hydrogens is 332 g/mol. The summed E-state index contributed by atoms with van der Waals surface area (Å²) in [5.74, 6) is 0. The Morgan fingerprint density at radius 1 is 0.963 bits per heavy atom. The number of anilines is 1. The van der Waals surface area contributed by atoms with Crippen molar-refractivity contribution in [1.29, 1.82) is 5.41 Å². The first-order valence-corrected chi connectivity index (χ1v) is 9.35. The minimum Gasteiger partial charge on any atom is -0.398 e. The largest absolute Gasteiger partial charge is 0.398 e. The van der Waals surface area contributed by atoms with Crippen LogP contribution in [0.5, 0.6) is 0 Å². The molecule has 0 spiro atoms. The maximum Gasteiger partial charge on any atom is 0.0744 e. The Hall–Kier alpha value is -3.27. The highest BCUT2D eigenvalue weighted by molar-refractivity contribution is 6.05. The van der Waals surface area contributed by atoms with Gasteiger partial charge in [-0.2, -0.15) is 0 Å². The molecule has 27 heavy (non-hydrogen) atoms. The number of hydrogen-bond acceptors (Lipinski definition) is 4. The number of aromatic nitrogens is 2. The molecule has 0 saturated carbocycles. The smallest absolute Gasteiger partial charge is 0.0744 e. The van der Waals surface area contributed by atoms with Crippen LogP contribution in [-0.2, 0) is 12.8 Å². The minimum absolute atomic E-state index is 0.650. The van der Waals surface area contributed by atoms with Crippen LogP contribution in [0.4, 0.5) is 5.69 Å². The van der Waals surface area contributed by atoms with Crippen molar-refractivity contribution in [3.05, 3.63) is 65.5 Å². The van der Waals surface area contributed by atoms with Gasteiger partial charge in [-0.05, 0) is 66.5 Å². The van der Waals surface area contributed by atoms with Gasteiger partial charge in [-0.15, -0.1) is 0 Å². The van der Waals surface area contributed by atoms with Crippen LogP contribution in [0.15, 0.2) is 48.8 Å². The fourth-order valence-corrected chi connectivity index (χ4v) is 4.29. The molecule has 0 unspecified atom stereocenters. The highest BCUT2D eigenvalue weighted by Crippen LogP contribution is 2.38. The van der Waals surface area contributed by atoms with Crippen molar-refractivity contribution in [2.45, 2.75) is 25.7 Å². The van der Waals surface area contributed by atoms with E-state index in [1.54, 1.807) is 0 Å². The third-order valence-electron chi connectivity index (χ3n) is 5.60. The standard InChI is InChI=1S/C23H20N4/c24-12-19-20(25)7-8-21-22(19)17-3-1-2-4-18(17)23(27-21)15-6-5-14-9-10-26-13-16(14)11-15/h5-13,24H,1-4,25H2. The lowest BCUT2D eigenvalue weighted by atomic mass is 9.84. The van der Waals surface area contributed by atoms with Crippen molar-refractivity contribution in [1.82, 2.24) is 9.97 Å². The molecule has 0 amide bonds. The predicted molar refractivity (Wildman–Crippen MR) is 111 cm³/mol. The lowest BCUT2D eigenvalue weighted by Crippen LogP contribution is -2.09. The van der Waals surface area contributed by atoms with E-state index >= 15 is 0 Å². The quantitative estimate of drug-likeness (QED) is 0.397. The molecule has 0 bridgehead atoms. The van der Waals surface area contributed by atoms with E-state index in [2.05, 4.69) is 23.2 Å². The maximum absolute atomic E-state index is 7.85. The zero-order chi connectivity index (χ0) is 18.4. The van der Waals surface area contributed by atoms with E-state index in [1.807, 2.05) is 30.6 Å². The molecule has 4 heteroatoms. The zero-order valence-electron chi connectivity index (χ0n) is 15.0. The van der Waals surface area contributed by atoms with Crippen LogP contribution in [0, 0.1) is 5.41 Å². The highest BCUT2D eigenvalue weighted by atomic mass is 14.7. The van der Waals surface area contributed by atoms with Gasteiger partial charge in [0.2, 0.25) is 0 Å². The molecule has 2 aromatic heterocycles. The lowest BCUT2D eigenvalue weighted by Gasteiger charge is -2.23. The Morgan fingerprint density at radius 3 is 2.67 bits per heavy atom. The van der Waals surface area contributed by atoms with Crippen LogP contribution < -0.4 is 5.73 Å². The number of nitrogens with two attached hydrogens (primary N) is 1. The van der Waals surface area contributed by atoms with Gasteiger partial charge < -0.3 is 11.1 Å². The highest BCUT2D eigenvalue weighted by Gasteiger charge is 2.21. The number of nitrogen functional groups attached to an aromatic ring is 1. The van der Waals surface area contributed by atoms with Crippen LogP contribution in [0.3, 0.4) is 0 Å². The van der Waals surface area contributed by atoms with Crippen molar-refractivity contribution < 1.29 is 0 Å². The second kappa shape index (κ2) is 6.16. The molecule has 0 aliphatic heterocycles. The van der Waals surface area contributed by atoms with Gasteiger partial charge in [-0.3, -0.25) is 4.98 Å². The predicted octanol–water partition coefficient (Wildman–Crippen LogP) is 4.91. The Morgan fingerprint density at radius 2 is 1.81 bits per heavy atom. The molecule has 132 valence electrons. The van der Waals surface area contributed by atoms with E-state index in [4.69, 9.17) is 16.1 Å². The second-order valence-electron chi connectivity index (χ2n) is 7.17. The van der Waals surface area contributed by atoms with Gasteiger partial charge in [-0.25, -0.2) is 4.98 Å². The fraction of sp³-hybridized carbons (Fsp3) is 0.174. The molecule has 0 radical (unpaired) electrons. The van der Waals surface area contributed by atoms with Crippen LogP contribution >= 0.6 is 0 Å². The monoisotopic (exact) mass is 352 g/mol. The van der Waals surface area contributed by atoms with E-state index in [1.165, 1.54) is 35.6 Å². The van der Waals surface area contributed by atoms with Gasteiger partial charge in [-0.1, -0.05) is 12.1 Å². The molecule has 5 rings (SSSR count). The summed E-state index contributed by atoms with van der Waals surface area (Å²) in [5.41, 5.74) is 13.3. The first-order chi connectivity index (χ1) is 13.3. The molecular formula is C23H20N4. The summed E-state index contributed by atoms with van der Waals surface area (Å²) >= 11 is 0. The number of fused-ring (bicyclic) bond motifs is 4. The van der Waals surface area contributed by atoms with Gasteiger partial charge in [0.25, 0.3) is 0 Å². The third kappa shape index (κ3) is 2.48. The molecule has 3 N–H and O–H groups in total. The second-order valence-corrected chi connectivity index (χ2v) is 7.17. The van der Waals surface area contributed by atoms with E-state index in [0.29, 0.717) is 5.69 Å². The van der Waals surface area contributed by atoms with Crippen molar-refractivity contribution >= 4 is 33.6 Å². The molecule has 2 aromatic carbocycles. The lowest BCUT2D eigenvalue weighted by molar-refractivity contribution is 0.689. The maximum atomic E-state index is 7.85. The van der Waals surface area contributed by atoms with Gasteiger partial charge in [0.1, 0.15) is 0 Å². The number of pyridine rings is 2. The number of nitrogens with zero attached hydrogens (tertiary/aromatic N) is 2. The van der Waals surface area contributed by atoms with Crippen LogP contribution in [-0.4, -0.2) is 16.2 Å². The molecule has 4 aromatic rings. The van der Waals surface area contributed by atoms with E-state index in [9.17, 15) is 0 Å². The van der Waals surface area contributed by atoms with Gasteiger partial charge in [0.05, 0.1) is 11.2 Å². The summed E-state index contributed by atoms with van der Waals surface area (Å²) in [6, 6.07) is 12.3. The Balaban J connectivity index is 1.84. The Labute approximate surface area is 157 Å². The topological polar surface area (TPSA) is 75.7 Å². The molecule has 2 heterocycles. The van der Waals surface area contributed by atoms with Crippen molar-refractivity contribution in [3.8, 4) is 11.3 Å². The average molecular weight is 352 g/mol. The van der Waals surface area contributed by atoms with Crippen LogP contribution in [0.1, 0.15) is 29.5 Å². The molecule has 0 fully saturated rings. The average Bonchev–Trinajstić information content (AvgIpc) is 2.73. The van der Waals surface area contributed by atoms with Crippen molar-refractivity contribution in [2.75, 3.05) is 5.73 Å². The Kier molecular flexibility index (Phi) is 3.64. The number of benzene rings is 2. The molecule has 1 aliphatic carbocycles. The molecule has 4 nitrogen and oxygen atoms in total. The normalized spacial score (nSPS) is 13.6. The van der Waals surface area contributed by atoms with E-state index in [0.717, 1.165) is 46.0 Å². The molecule has 0 atom stereocenters. The van der Waals surface area contributed by atoms with Crippen molar-refractivity contribution in [3.63, 3.8) is 0 Å². The van der Waals surface area contributed by atoms with Crippen LogP contribution in [0.2, 0.25) is 0 Å². The zero-order valence-corrected chi connectivity index (χ0v) is 15.0. The minimum atomic E-state index is 0.650. The number of nitrogens with one attached hydrogen (secondary N) is 1. The first kappa shape index (κ1) is 15.9. The van der Waals surface area contributed by atoms with Gasteiger partial charge in [0, 0.05) is 46.2 Å². The molecule has 1 aliphatic rings. The summed E-state index contributed by atoms with van der Waals surface area (Å²) in [6.45, 7) is 0. The first-order valence-electron chi connectivity index (χ1n) is 9.35. The number of aryl methyl sites for hydroxylation is 1. The third-order valence-corrected chi connectivity index (χ3v) is 5.60. The summed E-state index contributed by atoms with van der Waals surface area (Å²) in [5, 5.41) is 11.2. The summed E-state index contributed by atoms with van der Waals surface area (Å²) in [7, 11) is 0. The summed E-state index contributed by atoms with van der Waals surface area (Å²) in [4.78, 5) is 9.29. The van der Waals surface area contributed by atoms with Gasteiger partial charge >= 0.3 is 0 Å². The summed E-state index contributed by atoms with van der Waals surface area (Å²) in [6.07, 6.45) is 9.47. The number of hydrogen-bond donors (Lipinski definition) is 2. The van der Waals surface area contributed by atoms with Crippen molar-refractivity contribution in [2.24, 2.45) is 0 Å². The molecule has 0 saturated heterocycles. The van der Waals surface area contributed by atoms with Crippen LogP contribution in [0.25, 0.3) is 32.9 Å². The Bertz CT molecular complexity index is 1210. The van der Waals surface area contributed by atoms with Gasteiger partial charge in [0.15, 0.2) is 0 Å². The van der Waals surface area contributed by atoms with E-state index < -0.39 is 0 Å². The fourth-order valence-electron chi connectivity index (χ4n) is 4.29. The SMILES string of the molecule is N=Cc1c(N)ccc2nc(-c3ccc4ccncc4c3)c3c(c12)CCCC3.